The fourth-order valence-electron chi connectivity index (χ4n) is 2.07. The van der Waals surface area contributed by atoms with Crippen molar-refractivity contribution in [2.24, 2.45) is 5.92 Å². The van der Waals surface area contributed by atoms with Gasteiger partial charge in [-0.05, 0) is 19.8 Å². The maximum Gasteiger partial charge on any atom is 0.403 e. The Morgan fingerprint density at radius 1 is 1.44 bits per heavy atom. The minimum Gasteiger partial charge on any atom is -0.481 e. The van der Waals surface area contributed by atoms with Crippen molar-refractivity contribution in [3.63, 3.8) is 0 Å². The lowest BCUT2D eigenvalue weighted by atomic mass is 10.0. The van der Waals surface area contributed by atoms with Crippen molar-refractivity contribution in [2.45, 2.75) is 32.0 Å². The van der Waals surface area contributed by atoms with Gasteiger partial charge in [-0.3, -0.25) is 4.79 Å². The first-order valence-electron chi connectivity index (χ1n) is 5.98. The number of piperidine rings is 1. The first-order valence-corrected chi connectivity index (χ1v) is 5.98. The first kappa shape index (κ1) is 15.2. The number of hydrogen-bond donors (Lipinski definition) is 1. The lowest BCUT2D eigenvalue weighted by Crippen LogP contribution is -2.45. The molecule has 0 aromatic heterocycles. The van der Waals surface area contributed by atoms with Crippen LogP contribution in [0.25, 0.3) is 0 Å². The number of carboxylic acids is 1. The van der Waals surface area contributed by atoms with Gasteiger partial charge < -0.3 is 14.7 Å². The summed E-state index contributed by atoms with van der Waals surface area (Å²) in [4.78, 5) is 12.2. The third-order valence-electron chi connectivity index (χ3n) is 3.07. The zero-order valence-corrected chi connectivity index (χ0v) is 10.2. The summed E-state index contributed by atoms with van der Waals surface area (Å²) >= 11 is 0. The SMILES string of the molecule is CCOC1CCN(CC(C(=O)O)C(F)(F)F)CC1. The van der Waals surface area contributed by atoms with Crippen molar-refractivity contribution in [1.82, 2.24) is 4.90 Å². The average molecular weight is 269 g/mol. The van der Waals surface area contributed by atoms with Crippen molar-refractivity contribution in [3.05, 3.63) is 0 Å². The Labute approximate surface area is 104 Å². The summed E-state index contributed by atoms with van der Waals surface area (Å²) in [6.07, 6.45) is -3.31. The van der Waals surface area contributed by atoms with Crippen LogP contribution in [0.4, 0.5) is 13.2 Å². The number of ether oxygens (including phenoxy) is 1. The van der Waals surface area contributed by atoms with Crippen LogP contribution >= 0.6 is 0 Å². The molecule has 1 saturated heterocycles. The molecule has 1 fully saturated rings. The van der Waals surface area contributed by atoms with Crippen molar-refractivity contribution in [3.8, 4) is 0 Å². The molecule has 0 aromatic carbocycles. The van der Waals surface area contributed by atoms with Crippen LogP contribution < -0.4 is 0 Å². The second-order valence-corrected chi connectivity index (χ2v) is 4.39. The van der Waals surface area contributed by atoms with Crippen LogP contribution in [0, 0.1) is 5.92 Å². The van der Waals surface area contributed by atoms with Gasteiger partial charge in [0.1, 0.15) is 0 Å². The zero-order valence-electron chi connectivity index (χ0n) is 10.2. The minimum atomic E-state index is -4.69. The Morgan fingerprint density at radius 2 is 2.00 bits per heavy atom. The highest BCUT2D eigenvalue weighted by molar-refractivity contribution is 5.71. The van der Waals surface area contributed by atoms with Crippen LogP contribution in [0.3, 0.4) is 0 Å². The van der Waals surface area contributed by atoms with Crippen molar-refractivity contribution >= 4 is 5.97 Å². The number of likely N-dealkylation sites (tertiary alicyclic amines) is 1. The van der Waals surface area contributed by atoms with E-state index in [1.165, 1.54) is 0 Å². The number of carboxylic acid groups (broad SMARTS) is 1. The van der Waals surface area contributed by atoms with E-state index >= 15 is 0 Å². The molecule has 0 aliphatic carbocycles. The summed E-state index contributed by atoms with van der Waals surface area (Å²) in [5.74, 6) is -4.12. The molecule has 0 aromatic rings. The second-order valence-electron chi connectivity index (χ2n) is 4.39. The number of alkyl halides is 3. The van der Waals surface area contributed by atoms with E-state index in [0.717, 1.165) is 0 Å². The number of hydrogen-bond acceptors (Lipinski definition) is 3. The monoisotopic (exact) mass is 269 g/mol. The molecular weight excluding hydrogens is 251 g/mol. The quantitative estimate of drug-likeness (QED) is 0.826. The Balaban J connectivity index is 2.46. The van der Waals surface area contributed by atoms with Gasteiger partial charge in [0.15, 0.2) is 5.92 Å². The normalized spacial score (nSPS) is 20.9. The molecule has 0 saturated carbocycles. The van der Waals surface area contributed by atoms with Crippen molar-refractivity contribution in [1.29, 1.82) is 0 Å². The van der Waals surface area contributed by atoms with Gasteiger partial charge in [-0.15, -0.1) is 0 Å². The molecule has 0 bridgehead atoms. The molecule has 1 unspecified atom stereocenters. The van der Waals surface area contributed by atoms with E-state index in [1.807, 2.05) is 6.92 Å². The van der Waals surface area contributed by atoms with Gasteiger partial charge in [-0.25, -0.2) is 0 Å². The summed E-state index contributed by atoms with van der Waals surface area (Å²) < 4.78 is 42.9. The summed E-state index contributed by atoms with van der Waals surface area (Å²) in [6, 6.07) is 0. The lowest BCUT2D eigenvalue weighted by Gasteiger charge is -2.33. The Bertz CT molecular complexity index is 275. The molecule has 7 heteroatoms. The predicted molar refractivity (Wildman–Crippen MR) is 58.3 cm³/mol. The van der Waals surface area contributed by atoms with Gasteiger partial charge in [0, 0.05) is 26.2 Å². The fraction of sp³-hybridized carbons (Fsp3) is 0.909. The lowest BCUT2D eigenvalue weighted by molar-refractivity contribution is -0.197. The van der Waals surface area contributed by atoms with Gasteiger partial charge in [0.25, 0.3) is 0 Å². The summed E-state index contributed by atoms with van der Waals surface area (Å²) in [5.41, 5.74) is 0. The van der Waals surface area contributed by atoms with Crippen LogP contribution in [0.2, 0.25) is 0 Å². The number of halogens is 3. The molecule has 0 radical (unpaired) electrons. The number of nitrogens with zero attached hydrogens (tertiary/aromatic N) is 1. The van der Waals surface area contributed by atoms with Crippen LogP contribution in [-0.2, 0) is 9.53 Å². The summed E-state index contributed by atoms with van der Waals surface area (Å²) in [6.45, 7) is 2.88. The van der Waals surface area contributed by atoms with Gasteiger partial charge in [0.05, 0.1) is 6.10 Å². The number of carbonyl (C=O) groups is 1. The standard InChI is InChI=1S/C11H18F3NO3/c1-2-18-8-3-5-15(6-4-8)7-9(10(16)17)11(12,13)14/h8-9H,2-7H2,1H3,(H,16,17). The Hall–Kier alpha value is -0.820. The highest BCUT2D eigenvalue weighted by Gasteiger charge is 2.46. The highest BCUT2D eigenvalue weighted by Crippen LogP contribution is 2.28. The van der Waals surface area contributed by atoms with E-state index < -0.39 is 24.6 Å². The molecule has 1 aliphatic rings. The molecule has 1 rings (SSSR count). The van der Waals surface area contributed by atoms with E-state index in [9.17, 15) is 18.0 Å². The molecule has 0 amide bonds. The van der Waals surface area contributed by atoms with E-state index in [0.29, 0.717) is 32.5 Å². The zero-order chi connectivity index (χ0) is 13.8. The van der Waals surface area contributed by atoms with Crippen LogP contribution in [0.1, 0.15) is 19.8 Å². The largest absolute Gasteiger partial charge is 0.481 e. The van der Waals surface area contributed by atoms with E-state index in [-0.39, 0.29) is 6.10 Å². The van der Waals surface area contributed by atoms with E-state index in [4.69, 9.17) is 9.84 Å². The van der Waals surface area contributed by atoms with Gasteiger partial charge >= 0.3 is 12.1 Å². The summed E-state index contributed by atoms with van der Waals surface area (Å²) in [7, 11) is 0. The van der Waals surface area contributed by atoms with Crippen LogP contribution in [0.5, 0.6) is 0 Å². The first-order chi connectivity index (χ1) is 8.34. The molecule has 106 valence electrons. The average Bonchev–Trinajstić information content (AvgIpc) is 2.26. The van der Waals surface area contributed by atoms with Gasteiger partial charge in [0.2, 0.25) is 0 Å². The van der Waals surface area contributed by atoms with Gasteiger partial charge in [-0.2, -0.15) is 13.2 Å². The highest BCUT2D eigenvalue weighted by atomic mass is 19.4. The molecule has 1 aliphatic heterocycles. The van der Waals surface area contributed by atoms with E-state index in [1.54, 1.807) is 4.90 Å². The van der Waals surface area contributed by atoms with E-state index in [2.05, 4.69) is 0 Å². The predicted octanol–water partition coefficient (Wildman–Crippen LogP) is 1.75. The molecule has 1 heterocycles. The van der Waals surface area contributed by atoms with Crippen molar-refractivity contribution < 1.29 is 27.8 Å². The topological polar surface area (TPSA) is 49.8 Å². The molecule has 1 atom stereocenters. The fourth-order valence-corrected chi connectivity index (χ4v) is 2.07. The number of aliphatic carboxylic acids is 1. The van der Waals surface area contributed by atoms with Crippen molar-refractivity contribution in [2.75, 3.05) is 26.2 Å². The molecular formula is C11H18F3NO3. The minimum absolute atomic E-state index is 0.0837. The summed E-state index contributed by atoms with van der Waals surface area (Å²) in [5, 5.41) is 8.60. The van der Waals surface area contributed by atoms with Crippen LogP contribution in [-0.4, -0.2) is 54.5 Å². The molecule has 1 N–H and O–H groups in total. The third kappa shape index (κ3) is 4.45. The second kappa shape index (κ2) is 6.38. The third-order valence-corrected chi connectivity index (χ3v) is 3.07. The van der Waals surface area contributed by atoms with Crippen LogP contribution in [0.15, 0.2) is 0 Å². The van der Waals surface area contributed by atoms with Gasteiger partial charge in [-0.1, -0.05) is 0 Å². The molecule has 18 heavy (non-hydrogen) atoms. The molecule has 0 spiro atoms. The maximum absolute atomic E-state index is 12.5. The smallest absolute Gasteiger partial charge is 0.403 e. The Morgan fingerprint density at radius 3 is 2.39 bits per heavy atom. The molecule has 4 nitrogen and oxygen atoms in total. The maximum atomic E-state index is 12.5. The Kier molecular flexibility index (Phi) is 5.40. The number of rotatable bonds is 5.